The van der Waals surface area contributed by atoms with E-state index in [4.69, 9.17) is 0 Å². The van der Waals surface area contributed by atoms with Gasteiger partial charge in [0.15, 0.2) is 0 Å². The van der Waals surface area contributed by atoms with Gasteiger partial charge in [0.2, 0.25) is 0 Å². The van der Waals surface area contributed by atoms with Gasteiger partial charge in [-0.05, 0) is 50.2 Å². The monoisotopic (exact) mass is 384 g/mol. The molecule has 0 heterocycles. The number of methoxy groups -OCH3 is 1. The first-order valence-electron chi connectivity index (χ1n) is 9.16. The second-order valence-electron chi connectivity index (χ2n) is 6.78. The van der Waals surface area contributed by atoms with Crippen molar-refractivity contribution in [3.05, 3.63) is 59.7 Å². The summed E-state index contributed by atoms with van der Waals surface area (Å²) in [5.41, 5.74) is 3.36. The van der Waals surface area contributed by atoms with Crippen molar-refractivity contribution in [3.63, 3.8) is 0 Å². The van der Waals surface area contributed by atoms with Gasteiger partial charge in [-0.15, -0.1) is 0 Å². The van der Waals surface area contributed by atoms with Crippen LogP contribution in [0.2, 0.25) is 0 Å². The predicted octanol–water partition coefficient (Wildman–Crippen LogP) is 4.03. The largest absolute Gasteiger partial charge is 0.453 e. The molecule has 0 saturated heterocycles. The van der Waals surface area contributed by atoms with Crippen LogP contribution in [0.3, 0.4) is 0 Å². The molecule has 150 valence electrons. The topological polar surface area (TPSA) is 82.7 Å². The number of hydrogen-bond donors (Lipinski definition) is 3. The van der Waals surface area contributed by atoms with Crippen molar-refractivity contribution in [1.82, 2.24) is 10.2 Å². The molecule has 0 aliphatic rings. The first-order chi connectivity index (χ1) is 13.4. The molecule has 0 saturated carbocycles. The molecule has 0 unspecified atom stereocenters. The summed E-state index contributed by atoms with van der Waals surface area (Å²) in [6, 6.07) is 15.0. The van der Waals surface area contributed by atoms with Crippen LogP contribution < -0.4 is 16.0 Å². The van der Waals surface area contributed by atoms with E-state index < -0.39 is 6.09 Å². The molecular weight excluding hydrogens is 356 g/mol. The summed E-state index contributed by atoms with van der Waals surface area (Å²) >= 11 is 0. The zero-order valence-corrected chi connectivity index (χ0v) is 16.8. The summed E-state index contributed by atoms with van der Waals surface area (Å²) in [7, 11) is 3.37. The third-order valence-corrected chi connectivity index (χ3v) is 4.41. The number of hydrogen-bond acceptors (Lipinski definition) is 4. The Bertz CT molecular complexity index is 808. The molecule has 0 bridgehead atoms. The number of rotatable bonds is 7. The van der Waals surface area contributed by atoms with Gasteiger partial charge in [-0.25, -0.2) is 9.59 Å². The summed E-state index contributed by atoms with van der Waals surface area (Å²) < 4.78 is 4.56. The third-order valence-electron chi connectivity index (χ3n) is 4.41. The number of ether oxygens (including phenoxy) is 1. The Labute approximate surface area is 166 Å². The van der Waals surface area contributed by atoms with Crippen molar-refractivity contribution in [3.8, 4) is 0 Å². The van der Waals surface area contributed by atoms with Gasteiger partial charge >= 0.3 is 12.1 Å². The average molecular weight is 384 g/mol. The fourth-order valence-corrected chi connectivity index (χ4v) is 2.53. The number of urea groups is 1. The van der Waals surface area contributed by atoms with E-state index in [-0.39, 0.29) is 6.03 Å². The highest BCUT2D eigenvalue weighted by molar-refractivity contribution is 5.91. The summed E-state index contributed by atoms with van der Waals surface area (Å²) in [6.07, 6.45) is -0.565. The molecular formula is C21H28N4O3. The Hall–Kier alpha value is -3.06. The maximum Gasteiger partial charge on any atom is 0.411 e. The van der Waals surface area contributed by atoms with Crippen molar-refractivity contribution < 1.29 is 14.3 Å². The molecule has 0 aromatic heterocycles. The highest BCUT2D eigenvalue weighted by atomic mass is 16.5. The molecule has 0 spiro atoms. The standard InChI is InChI=1S/C21H28N4O3/c1-15(2)25(3)14-17-9-6-5-8-16(17)13-22-20(26)23-18-10-7-11-19(12-18)24-21(27)28-4/h5-12,15H,13-14H2,1-4H3,(H,24,27)(H2,22,23,26). The Kier molecular flexibility index (Phi) is 7.83. The van der Waals surface area contributed by atoms with Crippen LogP contribution in [0.5, 0.6) is 0 Å². The first kappa shape index (κ1) is 21.2. The molecule has 3 N–H and O–H groups in total. The van der Waals surface area contributed by atoms with E-state index in [1.807, 2.05) is 18.2 Å². The lowest BCUT2D eigenvalue weighted by Gasteiger charge is -2.22. The van der Waals surface area contributed by atoms with Gasteiger partial charge in [-0.3, -0.25) is 10.2 Å². The maximum atomic E-state index is 12.3. The minimum atomic E-state index is -0.565. The van der Waals surface area contributed by atoms with E-state index in [9.17, 15) is 9.59 Å². The molecule has 7 nitrogen and oxygen atoms in total. The molecule has 2 rings (SSSR count). The molecule has 0 atom stereocenters. The van der Waals surface area contributed by atoms with Crippen LogP contribution in [0.1, 0.15) is 25.0 Å². The van der Waals surface area contributed by atoms with Gasteiger partial charge in [0, 0.05) is 30.5 Å². The number of carbonyl (C=O) groups is 2. The molecule has 3 amide bonds. The van der Waals surface area contributed by atoms with Gasteiger partial charge in [0.1, 0.15) is 0 Å². The Morgan fingerprint density at radius 3 is 2.29 bits per heavy atom. The minimum Gasteiger partial charge on any atom is -0.453 e. The Balaban J connectivity index is 1.94. The van der Waals surface area contributed by atoms with Gasteiger partial charge in [-0.2, -0.15) is 0 Å². The van der Waals surface area contributed by atoms with Crippen LogP contribution in [0, 0.1) is 0 Å². The Morgan fingerprint density at radius 2 is 1.64 bits per heavy atom. The van der Waals surface area contributed by atoms with E-state index >= 15 is 0 Å². The van der Waals surface area contributed by atoms with E-state index in [0.717, 1.165) is 12.1 Å². The molecule has 2 aromatic carbocycles. The smallest absolute Gasteiger partial charge is 0.411 e. The lowest BCUT2D eigenvalue weighted by atomic mass is 10.1. The minimum absolute atomic E-state index is 0.317. The summed E-state index contributed by atoms with van der Waals surface area (Å²) in [5, 5.41) is 8.21. The number of nitrogens with one attached hydrogen (secondary N) is 3. The zero-order chi connectivity index (χ0) is 20.5. The van der Waals surface area contributed by atoms with Gasteiger partial charge in [0.25, 0.3) is 0 Å². The van der Waals surface area contributed by atoms with Crippen molar-refractivity contribution in [2.45, 2.75) is 33.0 Å². The van der Waals surface area contributed by atoms with Gasteiger partial charge in [0.05, 0.1) is 7.11 Å². The number of amides is 3. The summed E-state index contributed by atoms with van der Waals surface area (Å²) in [4.78, 5) is 25.8. The average Bonchev–Trinajstić information content (AvgIpc) is 2.67. The zero-order valence-electron chi connectivity index (χ0n) is 16.8. The van der Waals surface area contributed by atoms with Crippen LogP contribution in [-0.4, -0.2) is 37.2 Å². The lowest BCUT2D eigenvalue weighted by molar-refractivity contribution is 0.187. The quantitative estimate of drug-likeness (QED) is 0.673. The SMILES string of the molecule is COC(=O)Nc1cccc(NC(=O)NCc2ccccc2CN(C)C(C)C)c1. The number of anilines is 2. The molecule has 0 aliphatic heterocycles. The molecule has 0 aliphatic carbocycles. The van der Waals surface area contributed by atoms with Crippen LogP contribution in [0.25, 0.3) is 0 Å². The van der Waals surface area contributed by atoms with Crippen LogP contribution in [0.15, 0.2) is 48.5 Å². The fraction of sp³-hybridized carbons (Fsp3) is 0.333. The van der Waals surface area contributed by atoms with Crippen LogP contribution in [-0.2, 0) is 17.8 Å². The lowest BCUT2D eigenvalue weighted by Crippen LogP contribution is -2.30. The first-order valence-corrected chi connectivity index (χ1v) is 9.16. The van der Waals surface area contributed by atoms with E-state index in [2.05, 4.69) is 52.5 Å². The Morgan fingerprint density at radius 1 is 1.00 bits per heavy atom. The van der Waals surface area contributed by atoms with Crippen molar-refractivity contribution in [2.24, 2.45) is 0 Å². The molecule has 2 aromatic rings. The number of nitrogens with zero attached hydrogens (tertiary/aromatic N) is 1. The number of carbonyl (C=O) groups excluding carboxylic acids is 2. The fourth-order valence-electron chi connectivity index (χ4n) is 2.53. The molecule has 0 fully saturated rings. The van der Waals surface area contributed by atoms with Gasteiger partial charge < -0.3 is 15.4 Å². The highest BCUT2D eigenvalue weighted by Crippen LogP contribution is 2.16. The normalized spacial score (nSPS) is 10.6. The van der Waals surface area contributed by atoms with Gasteiger partial charge in [-0.1, -0.05) is 30.3 Å². The second kappa shape index (κ2) is 10.3. The molecule has 7 heteroatoms. The van der Waals surface area contributed by atoms with Crippen molar-refractivity contribution >= 4 is 23.5 Å². The maximum absolute atomic E-state index is 12.3. The van der Waals surface area contributed by atoms with Crippen molar-refractivity contribution in [2.75, 3.05) is 24.8 Å². The van der Waals surface area contributed by atoms with E-state index in [1.165, 1.54) is 12.7 Å². The summed E-state index contributed by atoms with van der Waals surface area (Å²) in [5.74, 6) is 0. The van der Waals surface area contributed by atoms with E-state index in [1.54, 1.807) is 24.3 Å². The predicted molar refractivity (Wildman–Crippen MR) is 111 cm³/mol. The highest BCUT2D eigenvalue weighted by Gasteiger charge is 2.09. The molecule has 0 radical (unpaired) electrons. The van der Waals surface area contributed by atoms with E-state index in [0.29, 0.717) is 24.0 Å². The van der Waals surface area contributed by atoms with Crippen LogP contribution in [0.4, 0.5) is 21.0 Å². The summed E-state index contributed by atoms with van der Waals surface area (Å²) in [6.45, 7) is 5.54. The third kappa shape index (κ3) is 6.59. The van der Waals surface area contributed by atoms with Crippen LogP contribution >= 0.6 is 0 Å². The number of benzene rings is 2. The van der Waals surface area contributed by atoms with Crippen molar-refractivity contribution in [1.29, 1.82) is 0 Å². The second-order valence-corrected chi connectivity index (χ2v) is 6.78. The molecule has 28 heavy (non-hydrogen) atoms.